The lowest BCUT2D eigenvalue weighted by molar-refractivity contribution is 1.03. The number of benzene rings is 2. The van der Waals surface area contributed by atoms with Gasteiger partial charge in [0.15, 0.2) is 0 Å². The van der Waals surface area contributed by atoms with Crippen molar-refractivity contribution in [2.45, 2.75) is 13.8 Å². The molecule has 0 spiro atoms. The van der Waals surface area contributed by atoms with Crippen molar-refractivity contribution < 1.29 is 0 Å². The second-order valence-electron chi connectivity index (χ2n) is 5.82. The zero-order valence-corrected chi connectivity index (χ0v) is 13.2. The molecule has 4 rings (SSSR count). The Morgan fingerprint density at radius 1 is 0.826 bits per heavy atom. The fourth-order valence-electron chi connectivity index (χ4n) is 2.80. The molecule has 2 aromatic heterocycles. The van der Waals surface area contributed by atoms with E-state index in [1.54, 1.807) is 0 Å². The van der Waals surface area contributed by atoms with E-state index in [0.717, 1.165) is 28.2 Å². The zero-order valence-electron chi connectivity index (χ0n) is 13.2. The zero-order chi connectivity index (χ0) is 15.8. The molecule has 0 aliphatic carbocycles. The number of hydrogen-bond acceptors (Lipinski definition) is 2. The lowest BCUT2D eigenvalue weighted by atomic mass is 10.1. The molecule has 2 aromatic carbocycles. The predicted molar refractivity (Wildman–Crippen MR) is 93.8 cm³/mol. The van der Waals surface area contributed by atoms with E-state index in [2.05, 4.69) is 65.9 Å². The summed E-state index contributed by atoms with van der Waals surface area (Å²) in [5, 5.41) is 0. The van der Waals surface area contributed by atoms with Gasteiger partial charge in [-0.2, -0.15) is 0 Å². The van der Waals surface area contributed by atoms with E-state index < -0.39 is 0 Å². The molecule has 0 saturated carbocycles. The van der Waals surface area contributed by atoms with Gasteiger partial charge in [-0.3, -0.25) is 4.57 Å². The highest BCUT2D eigenvalue weighted by Crippen LogP contribution is 2.28. The van der Waals surface area contributed by atoms with Gasteiger partial charge in [0.1, 0.15) is 11.6 Å². The molecule has 0 radical (unpaired) electrons. The summed E-state index contributed by atoms with van der Waals surface area (Å²) in [5.74, 6) is 1.81. The molecule has 0 fully saturated rings. The van der Waals surface area contributed by atoms with E-state index >= 15 is 0 Å². The summed E-state index contributed by atoms with van der Waals surface area (Å²) in [7, 11) is 0. The monoisotopic (exact) mass is 299 g/mol. The number of aryl methyl sites for hydroxylation is 2. The maximum absolute atomic E-state index is 4.85. The van der Waals surface area contributed by atoms with Crippen molar-refractivity contribution >= 4 is 11.0 Å². The van der Waals surface area contributed by atoms with E-state index in [1.165, 1.54) is 11.1 Å². The van der Waals surface area contributed by atoms with Gasteiger partial charge in [0.2, 0.25) is 0 Å². The van der Waals surface area contributed by atoms with Gasteiger partial charge >= 0.3 is 0 Å². The number of pyridine rings is 1. The highest BCUT2D eigenvalue weighted by atomic mass is 15.1. The van der Waals surface area contributed by atoms with Crippen LogP contribution in [-0.2, 0) is 0 Å². The first-order chi connectivity index (χ1) is 11.2. The minimum absolute atomic E-state index is 0.885. The van der Waals surface area contributed by atoms with Gasteiger partial charge in [0, 0.05) is 11.8 Å². The lowest BCUT2D eigenvalue weighted by Gasteiger charge is -2.09. The number of aromatic nitrogens is 3. The molecule has 0 aliphatic rings. The van der Waals surface area contributed by atoms with Crippen molar-refractivity contribution in [3.8, 4) is 17.2 Å². The van der Waals surface area contributed by atoms with Crippen LogP contribution >= 0.6 is 0 Å². The van der Waals surface area contributed by atoms with Gasteiger partial charge in [0.05, 0.1) is 11.0 Å². The average molecular weight is 299 g/mol. The first-order valence-electron chi connectivity index (χ1n) is 7.70. The van der Waals surface area contributed by atoms with Crippen LogP contribution < -0.4 is 0 Å². The number of fused-ring (bicyclic) bond motifs is 1. The summed E-state index contributed by atoms with van der Waals surface area (Å²) in [6, 6.07) is 20.7. The van der Waals surface area contributed by atoms with Crippen molar-refractivity contribution in [1.82, 2.24) is 14.5 Å². The molecule has 112 valence electrons. The van der Waals surface area contributed by atoms with E-state index in [0.29, 0.717) is 0 Å². The molecule has 0 saturated heterocycles. The van der Waals surface area contributed by atoms with Crippen molar-refractivity contribution in [2.24, 2.45) is 0 Å². The molecule has 3 heteroatoms. The highest BCUT2D eigenvalue weighted by Gasteiger charge is 2.14. The van der Waals surface area contributed by atoms with Gasteiger partial charge in [-0.15, -0.1) is 0 Å². The number of imidazole rings is 1. The molecule has 2 heterocycles. The third-order valence-corrected chi connectivity index (χ3v) is 4.00. The van der Waals surface area contributed by atoms with Crippen LogP contribution in [0.5, 0.6) is 0 Å². The van der Waals surface area contributed by atoms with Crippen LogP contribution in [0, 0.1) is 13.8 Å². The van der Waals surface area contributed by atoms with Crippen molar-refractivity contribution in [3.63, 3.8) is 0 Å². The molecule has 0 aliphatic heterocycles. The largest absolute Gasteiger partial charge is 0.276 e. The van der Waals surface area contributed by atoms with Crippen LogP contribution in [0.25, 0.3) is 28.2 Å². The summed E-state index contributed by atoms with van der Waals surface area (Å²) in [6.45, 7) is 4.19. The molecule has 0 bridgehead atoms. The van der Waals surface area contributed by atoms with Gasteiger partial charge in [-0.25, -0.2) is 9.97 Å². The van der Waals surface area contributed by atoms with Crippen LogP contribution in [0.15, 0.2) is 66.9 Å². The highest BCUT2D eigenvalue weighted by molar-refractivity contribution is 5.83. The average Bonchev–Trinajstić information content (AvgIpc) is 2.95. The smallest absolute Gasteiger partial charge is 0.146 e. The molecule has 23 heavy (non-hydrogen) atoms. The predicted octanol–water partition coefficient (Wildman–Crippen LogP) is 4.70. The summed E-state index contributed by atoms with van der Waals surface area (Å²) in [5.41, 5.74) is 5.61. The summed E-state index contributed by atoms with van der Waals surface area (Å²) >= 11 is 0. The maximum Gasteiger partial charge on any atom is 0.146 e. The van der Waals surface area contributed by atoms with Crippen LogP contribution in [0.2, 0.25) is 0 Å². The molecule has 4 aromatic rings. The third-order valence-electron chi connectivity index (χ3n) is 4.00. The molecule has 0 amide bonds. The number of nitrogens with zero attached hydrogens (tertiary/aromatic N) is 3. The third kappa shape index (κ3) is 2.40. The van der Waals surface area contributed by atoms with Crippen LogP contribution in [-0.4, -0.2) is 14.5 Å². The van der Waals surface area contributed by atoms with Crippen molar-refractivity contribution in [1.29, 1.82) is 0 Å². The van der Waals surface area contributed by atoms with Crippen molar-refractivity contribution in [3.05, 3.63) is 78.0 Å². The Balaban J connectivity index is 2.05. The Hall–Kier alpha value is -2.94. The van der Waals surface area contributed by atoms with Crippen LogP contribution in [0.1, 0.15) is 11.1 Å². The molecule has 3 nitrogen and oxygen atoms in total. The van der Waals surface area contributed by atoms with E-state index in [9.17, 15) is 0 Å². The minimum atomic E-state index is 0.885. The second kappa shape index (κ2) is 5.36. The molecule has 0 unspecified atom stereocenters. The standard InChI is InChI=1S/C20H17N3/c1-14-6-9-16(10-7-14)20-22-17-11-8-15(2)13-18(17)23(20)19-5-3-4-12-21-19/h3-13H,1-2H3. The quantitative estimate of drug-likeness (QED) is 0.537. The second-order valence-corrected chi connectivity index (χ2v) is 5.82. The number of rotatable bonds is 2. The molecular weight excluding hydrogens is 282 g/mol. The first-order valence-corrected chi connectivity index (χ1v) is 7.70. The molecular formula is C20H17N3. The van der Waals surface area contributed by atoms with E-state index in [4.69, 9.17) is 4.98 Å². The molecule has 0 N–H and O–H groups in total. The van der Waals surface area contributed by atoms with Crippen molar-refractivity contribution in [2.75, 3.05) is 0 Å². The fourth-order valence-corrected chi connectivity index (χ4v) is 2.80. The van der Waals surface area contributed by atoms with Gasteiger partial charge in [-0.1, -0.05) is 42.0 Å². The van der Waals surface area contributed by atoms with Gasteiger partial charge in [0.25, 0.3) is 0 Å². The Morgan fingerprint density at radius 2 is 1.61 bits per heavy atom. The Bertz CT molecular complexity index is 967. The summed E-state index contributed by atoms with van der Waals surface area (Å²) in [6.07, 6.45) is 1.82. The van der Waals surface area contributed by atoms with E-state index in [1.807, 2.05) is 24.4 Å². The minimum Gasteiger partial charge on any atom is -0.276 e. The van der Waals surface area contributed by atoms with Crippen LogP contribution in [0.4, 0.5) is 0 Å². The fraction of sp³-hybridized carbons (Fsp3) is 0.100. The topological polar surface area (TPSA) is 30.7 Å². The maximum atomic E-state index is 4.85. The van der Waals surface area contributed by atoms with Gasteiger partial charge in [-0.05, 0) is 43.7 Å². The van der Waals surface area contributed by atoms with Crippen LogP contribution in [0.3, 0.4) is 0 Å². The Morgan fingerprint density at radius 3 is 2.35 bits per heavy atom. The molecule has 0 atom stereocenters. The summed E-state index contributed by atoms with van der Waals surface area (Å²) in [4.78, 5) is 9.38. The van der Waals surface area contributed by atoms with Gasteiger partial charge < -0.3 is 0 Å². The summed E-state index contributed by atoms with van der Waals surface area (Å²) < 4.78 is 2.13. The SMILES string of the molecule is Cc1ccc(-c2nc3ccc(C)cc3n2-c2ccccn2)cc1. The number of hydrogen-bond donors (Lipinski definition) is 0. The normalized spacial score (nSPS) is 11.0. The Labute approximate surface area is 135 Å². The Kier molecular flexibility index (Phi) is 3.19. The lowest BCUT2D eigenvalue weighted by Crippen LogP contribution is -1.99. The first kappa shape index (κ1) is 13.7. The van der Waals surface area contributed by atoms with E-state index in [-0.39, 0.29) is 0 Å².